The summed E-state index contributed by atoms with van der Waals surface area (Å²) < 4.78 is 5.46. The second-order valence-electron chi connectivity index (χ2n) is 5.75. The molecule has 0 amide bonds. The van der Waals surface area contributed by atoms with E-state index >= 15 is 0 Å². The maximum Gasteiger partial charge on any atom is 0.316 e. The molecule has 0 atom stereocenters. The van der Waals surface area contributed by atoms with Crippen LogP contribution in [-0.2, 0) is 21.5 Å². The Morgan fingerprint density at radius 1 is 1.00 bits per heavy atom. The van der Waals surface area contributed by atoms with E-state index in [1.807, 2.05) is 48.5 Å². The zero-order valence-corrected chi connectivity index (χ0v) is 13.9. The van der Waals surface area contributed by atoms with Crippen LogP contribution in [0.15, 0.2) is 60.7 Å². The number of hydrogen-bond donors (Lipinski definition) is 1. The van der Waals surface area contributed by atoms with Crippen molar-refractivity contribution in [2.24, 2.45) is 0 Å². The molecule has 0 saturated heterocycles. The van der Waals surface area contributed by atoms with Gasteiger partial charge < -0.3 is 10.1 Å². The molecule has 0 aliphatic heterocycles. The van der Waals surface area contributed by atoms with Crippen molar-refractivity contribution in [2.75, 3.05) is 13.2 Å². The minimum Gasteiger partial charge on any atom is -0.464 e. The fourth-order valence-electron chi connectivity index (χ4n) is 2.68. The van der Waals surface area contributed by atoms with E-state index in [0.29, 0.717) is 13.2 Å². The van der Waals surface area contributed by atoms with Crippen LogP contribution in [-0.4, -0.2) is 19.1 Å². The van der Waals surface area contributed by atoms with E-state index in [2.05, 4.69) is 17.4 Å². The largest absolute Gasteiger partial charge is 0.464 e. The SMILES string of the molecule is Cl.O=C(OCCNCc1ccccc1)C1(c2ccccc2)CC1. The fourth-order valence-corrected chi connectivity index (χ4v) is 2.68. The average Bonchev–Trinajstić information content (AvgIpc) is 3.38. The van der Waals surface area contributed by atoms with Crippen molar-refractivity contribution in [3.8, 4) is 0 Å². The van der Waals surface area contributed by atoms with Crippen LogP contribution in [0.2, 0.25) is 0 Å². The molecule has 122 valence electrons. The summed E-state index contributed by atoms with van der Waals surface area (Å²) in [5.74, 6) is -0.0831. The Hall–Kier alpha value is -1.84. The van der Waals surface area contributed by atoms with Crippen LogP contribution in [0.25, 0.3) is 0 Å². The molecule has 1 fully saturated rings. The highest BCUT2D eigenvalue weighted by molar-refractivity contribution is 5.86. The first kappa shape index (κ1) is 17.5. The van der Waals surface area contributed by atoms with Gasteiger partial charge in [-0.2, -0.15) is 0 Å². The van der Waals surface area contributed by atoms with Gasteiger partial charge in [-0.1, -0.05) is 60.7 Å². The molecule has 0 radical (unpaired) electrons. The van der Waals surface area contributed by atoms with Crippen LogP contribution < -0.4 is 5.32 Å². The van der Waals surface area contributed by atoms with Crippen LogP contribution >= 0.6 is 12.4 Å². The monoisotopic (exact) mass is 331 g/mol. The van der Waals surface area contributed by atoms with Crippen molar-refractivity contribution in [1.82, 2.24) is 5.32 Å². The Morgan fingerprint density at radius 3 is 2.22 bits per heavy atom. The first-order valence-electron chi connectivity index (χ1n) is 7.79. The first-order chi connectivity index (χ1) is 10.8. The molecule has 3 rings (SSSR count). The Morgan fingerprint density at radius 2 is 1.61 bits per heavy atom. The summed E-state index contributed by atoms with van der Waals surface area (Å²) in [6.45, 7) is 1.88. The van der Waals surface area contributed by atoms with Gasteiger partial charge in [-0.3, -0.25) is 4.79 Å². The lowest BCUT2D eigenvalue weighted by Crippen LogP contribution is -2.27. The highest BCUT2D eigenvalue weighted by atomic mass is 35.5. The van der Waals surface area contributed by atoms with Crippen LogP contribution in [0, 0.1) is 0 Å². The van der Waals surface area contributed by atoms with Gasteiger partial charge in [-0.25, -0.2) is 0 Å². The zero-order valence-electron chi connectivity index (χ0n) is 13.0. The lowest BCUT2D eigenvalue weighted by molar-refractivity contribution is -0.146. The molecule has 2 aromatic carbocycles. The Kier molecular flexibility index (Phi) is 6.20. The molecule has 0 spiro atoms. The van der Waals surface area contributed by atoms with Gasteiger partial charge in [-0.15, -0.1) is 12.4 Å². The number of rotatable bonds is 7. The molecule has 0 bridgehead atoms. The van der Waals surface area contributed by atoms with Crippen LogP contribution in [0.5, 0.6) is 0 Å². The van der Waals surface area contributed by atoms with Gasteiger partial charge in [0, 0.05) is 13.1 Å². The lowest BCUT2D eigenvalue weighted by Gasteiger charge is -2.15. The molecule has 23 heavy (non-hydrogen) atoms. The molecular formula is C19H22ClNO2. The van der Waals surface area contributed by atoms with Crippen LogP contribution in [0.1, 0.15) is 24.0 Å². The second-order valence-corrected chi connectivity index (χ2v) is 5.75. The molecular weight excluding hydrogens is 310 g/mol. The number of benzene rings is 2. The molecule has 0 heterocycles. The number of esters is 1. The number of nitrogens with one attached hydrogen (secondary N) is 1. The van der Waals surface area contributed by atoms with Crippen molar-refractivity contribution in [2.45, 2.75) is 24.8 Å². The van der Waals surface area contributed by atoms with Crippen molar-refractivity contribution in [3.63, 3.8) is 0 Å². The van der Waals surface area contributed by atoms with Crippen molar-refractivity contribution >= 4 is 18.4 Å². The molecule has 1 aliphatic carbocycles. The smallest absolute Gasteiger partial charge is 0.316 e. The molecule has 1 saturated carbocycles. The molecule has 0 unspecified atom stereocenters. The van der Waals surface area contributed by atoms with Crippen LogP contribution in [0.3, 0.4) is 0 Å². The van der Waals surface area contributed by atoms with Gasteiger partial charge in [0.25, 0.3) is 0 Å². The molecule has 1 aliphatic rings. The van der Waals surface area contributed by atoms with E-state index in [9.17, 15) is 4.79 Å². The third kappa shape index (κ3) is 4.34. The summed E-state index contributed by atoms with van der Waals surface area (Å²) in [7, 11) is 0. The average molecular weight is 332 g/mol. The normalized spacial score (nSPS) is 14.6. The highest BCUT2D eigenvalue weighted by Gasteiger charge is 2.52. The summed E-state index contributed by atoms with van der Waals surface area (Å²) in [6, 6.07) is 20.2. The van der Waals surface area contributed by atoms with E-state index in [4.69, 9.17) is 4.74 Å². The van der Waals surface area contributed by atoms with Gasteiger partial charge >= 0.3 is 5.97 Å². The summed E-state index contributed by atoms with van der Waals surface area (Å²) in [4.78, 5) is 12.3. The first-order valence-corrected chi connectivity index (χ1v) is 7.79. The maximum atomic E-state index is 12.3. The number of halogens is 1. The summed E-state index contributed by atoms with van der Waals surface area (Å²) in [5.41, 5.74) is 1.94. The predicted molar refractivity (Wildman–Crippen MR) is 93.7 cm³/mol. The van der Waals surface area contributed by atoms with Gasteiger partial charge in [0.2, 0.25) is 0 Å². The predicted octanol–water partition coefficient (Wildman–Crippen LogP) is 3.47. The van der Waals surface area contributed by atoms with E-state index in [0.717, 1.165) is 24.9 Å². The van der Waals surface area contributed by atoms with Crippen molar-refractivity contribution in [3.05, 3.63) is 71.8 Å². The van der Waals surface area contributed by atoms with E-state index in [1.54, 1.807) is 0 Å². The highest BCUT2D eigenvalue weighted by Crippen LogP contribution is 2.49. The van der Waals surface area contributed by atoms with Gasteiger partial charge in [-0.05, 0) is 24.0 Å². The minimum absolute atomic E-state index is 0. The number of carbonyl (C=O) groups excluding carboxylic acids is 1. The van der Waals surface area contributed by atoms with Crippen molar-refractivity contribution in [1.29, 1.82) is 0 Å². The molecule has 3 nitrogen and oxygen atoms in total. The second kappa shape index (κ2) is 8.14. The summed E-state index contributed by atoms with van der Waals surface area (Å²) >= 11 is 0. The number of ether oxygens (including phenoxy) is 1. The zero-order chi connectivity index (χ0) is 15.3. The van der Waals surface area contributed by atoms with Gasteiger partial charge in [0.15, 0.2) is 0 Å². The lowest BCUT2D eigenvalue weighted by atomic mass is 9.96. The Labute approximate surface area is 143 Å². The van der Waals surface area contributed by atoms with Crippen molar-refractivity contribution < 1.29 is 9.53 Å². The maximum absolute atomic E-state index is 12.3. The summed E-state index contributed by atoms with van der Waals surface area (Å²) in [6.07, 6.45) is 1.79. The van der Waals surface area contributed by atoms with Gasteiger partial charge in [0.1, 0.15) is 6.61 Å². The fraction of sp³-hybridized carbons (Fsp3) is 0.316. The molecule has 0 aromatic heterocycles. The molecule has 1 N–H and O–H groups in total. The number of carbonyl (C=O) groups is 1. The Bertz CT molecular complexity index is 612. The topological polar surface area (TPSA) is 38.3 Å². The standard InChI is InChI=1S/C19H21NO2.ClH/c21-18(19(11-12-19)17-9-5-2-6-10-17)22-14-13-20-15-16-7-3-1-4-8-16;/h1-10,20H,11-15H2;1H. The third-order valence-electron chi connectivity index (χ3n) is 4.15. The van der Waals surface area contributed by atoms with Crippen LogP contribution in [0.4, 0.5) is 0 Å². The van der Waals surface area contributed by atoms with E-state index < -0.39 is 0 Å². The Balaban J connectivity index is 0.00000192. The van der Waals surface area contributed by atoms with E-state index in [1.165, 1.54) is 5.56 Å². The quantitative estimate of drug-likeness (QED) is 0.623. The number of hydrogen-bond acceptors (Lipinski definition) is 3. The third-order valence-corrected chi connectivity index (χ3v) is 4.15. The summed E-state index contributed by atoms with van der Waals surface area (Å²) in [5, 5.41) is 3.29. The van der Waals surface area contributed by atoms with E-state index in [-0.39, 0.29) is 23.8 Å². The molecule has 4 heteroatoms. The van der Waals surface area contributed by atoms with Gasteiger partial charge in [0.05, 0.1) is 5.41 Å². The minimum atomic E-state index is -0.374. The molecule has 2 aromatic rings.